The summed E-state index contributed by atoms with van der Waals surface area (Å²) >= 11 is 2.40. The molecule has 78 valence electrons. The number of hydrogen-bond acceptors (Lipinski definition) is 1. The molecule has 0 aliphatic carbocycles. The van der Waals surface area contributed by atoms with Gasteiger partial charge in [-0.1, -0.05) is 13.3 Å². The zero-order valence-electron chi connectivity index (χ0n) is 9.15. The van der Waals surface area contributed by atoms with Crippen LogP contribution in [0.2, 0.25) is 0 Å². The van der Waals surface area contributed by atoms with Crippen molar-refractivity contribution in [2.45, 2.75) is 33.6 Å². The van der Waals surface area contributed by atoms with Crippen LogP contribution in [-0.2, 0) is 0 Å². The predicted molar refractivity (Wildman–Crippen MR) is 72.0 cm³/mol. The van der Waals surface area contributed by atoms with E-state index in [1.165, 1.54) is 33.2 Å². The molecule has 0 saturated heterocycles. The Morgan fingerprint density at radius 1 is 1.21 bits per heavy atom. The first-order valence-corrected chi connectivity index (χ1v) is 6.23. The molecule has 1 aromatic rings. The molecule has 14 heavy (non-hydrogen) atoms. The van der Waals surface area contributed by atoms with Crippen molar-refractivity contribution in [2.75, 3.05) is 11.9 Å². The van der Waals surface area contributed by atoms with Crippen LogP contribution in [0.5, 0.6) is 0 Å². The van der Waals surface area contributed by atoms with Crippen molar-refractivity contribution in [3.63, 3.8) is 0 Å². The van der Waals surface area contributed by atoms with E-state index in [1.807, 2.05) is 0 Å². The smallest absolute Gasteiger partial charge is 0.0346 e. The summed E-state index contributed by atoms with van der Waals surface area (Å²) in [4.78, 5) is 0. The Morgan fingerprint density at radius 2 is 1.79 bits per heavy atom. The maximum atomic E-state index is 3.45. The van der Waals surface area contributed by atoms with Crippen molar-refractivity contribution in [1.82, 2.24) is 0 Å². The second kappa shape index (κ2) is 5.59. The van der Waals surface area contributed by atoms with Gasteiger partial charge in [-0.15, -0.1) is 0 Å². The van der Waals surface area contributed by atoms with Crippen LogP contribution in [0.15, 0.2) is 12.1 Å². The van der Waals surface area contributed by atoms with Crippen LogP contribution >= 0.6 is 22.6 Å². The first-order chi connectivity index (χ1) is 6.65. The van der Waals surface area contributed by atoms with Crippen LogP contribution in [0.1, 0.15) is 30.9 Å². The van der Waals surface area contributed by atoms with Crippen molar-refractivity contribution in [3.05, 3.63) is 26.8 Å². The molecule has 0 fully saturated rings. The number of unbranched alkanes of at least 4 members (excludes halogenated alkanes) is 1. The third kappa shape index (κ3) is 3.15. The molecule has 0 aromatic heterocycles. The van der Waals surface area contributed by atoms with E-state index in [0.29, 0.717) is 0 Å². The first kappa shape index (κ1) is 11.8. The highest BCUT2D eigenvalue weighted by molar-refractivity contribution is 14.1. The number of benzene rings is 1. The van der Waals surface area contributed by atoms with Crippen molar-refractivity contribution >= 4 is 28.3 Å². The van der Waals surface area contributed by atoms with Gasteiger partial charge in [-0.3, -0.25) is 0 Å². The lowest BCUT2D eigenvalue weighted by atomic mass is 10.1. The zero-order chi connectivity index (χ0) is 10.6. The molecular formula is C12H18IN. The Bertz CT molecular complexity index is 284. The summed E-state index contributed by atoms with van der Waals surface area (Å²) < 4.78 is 1.38. The fourth-order valence-corrected chi connectivity index (χ4v) is 1.77. The van der Waals surface area contributed by atoms with E-state index in [-0.39, 0.29) is 0 Å². The summed E-state index contributed by atoms with van der Waals surface area (Å²) in [6.45, 7) is 7.63. The lowest BCUT2D eigenvalue weighted by molar-refractivity contribution is 0.834. The topological polar surface area (TPSA) is 12.0 Å². The molecule has 0 amide bonds. The summed E-state index contributed by atoms with van der Waals surface area (Å²) in [6, 6.07) is 4.45. The molecular weight excluding hydrogens is 285 g/mol. The van der Waals surface area contributed by atoms with E-state index in [2.05, 4.69) is 60.8 Å². The Kier molecular flexibility index (Phi) is 4.72. The highest BCUT2D eigenvalue weighted by Crippen LogP contribution is 2.21. The van der Waals surface area contributed by atoms with E-state index >= 15 is 0 Å². The van der Waals surface area contributed by atoms with E-state index in [0.717, 1.165) is 6.54 Å². The minimum Gasteiger partial charge on any atom is -0.385 e. The van der Waals surface area contributed by atoms with Gasteiger partial charge in [0.1, 0.15) is 0 Å². The monoisotopic (exact) mass is 303 g/mol. The molecule has 0 heterocycles. The second-order valence-electron chi connectivity index (χ2n) is 3.70. The Hall–Kier alpha value is -0.250. The average Bonchev–Trinajstić information content (AvgIpc) is 2.14. The van der Waals surface area contributed by atoms with Crippen LogP contribution in [0, 0.1) is 17.4 Å². The van der Waals surface area contributed by atoms with Crippen molar-refractivity contribution < 1.29 is 0 Å². The minimum absolute atomic E-state index is 1.08. The number of rotatable bonds is 4. The molecule has 1 N–H and O–H groups in total. The van der Waals surface area contributed by atoms with Crippen molar-refractivity contribution in [2.24, 2.45) is 0 Å². The zero-order valence-corrected chi connectivity index (χ0v) is 11.3. The largest absolute Gasteiger partial charge is 0.385 e. The minimum atomic E-state index is 1.08. The van der Waals surface area contributed by atoms with Gasteiger partial charge in [0.05, 0.1) is 0 Å². The average molecular weight is 303 g/mol. The van der Waals surface area contributed by atoms with Gasteiger partial charge in [-0.05, 0) is 66.1 Å². The third-order valence-electron chi connectivity index (χ3n) is 2.30. The summed E-state index contributed by atoms with van der Waals surface area (Å²) in [5.41, 5.74) is 3.99. The van der Waals surface area contributed by atoms with Crippen LogP contribution < -0.4 is 5.32 Å². The molecule has 1 aromatic carbocycles. The van der Waals surface area contributed by atoms with Crippen LogP contribution in [-0.4, -0.2) is 6.54 Å². The van der Waals surface area contributed by atoms with E-state index in [4.69, 9.17) is 0 Å². The highest BCUT2D eigenvalue weighted by Gasteiger charge is 2.01. The lowest BCUT2D eigenvalue weighted by Gasteiger charge is -2.10. The quantitative estimate of drug-likeness (QED) is 0.652. The maximum Gasteiger partial charge on any atom is 0.0346 e. The summed E-state index contributed by atoms with van der Waals surface area (Å²) in [5, 5.41) is 3.45. The normalized spacial score (nSPS) is 10.3. The Morgan fingerprint density at radius 3 is 2.29 bits per heavy atom. The predicted octanol–water partition coefficient (Wildman–Crippen LogP) is 4.12. The van der Waals surface area contributed by atoms with E-state index < -0.39 is 0 Å². The van der Waals surface area contributed by atoms with Gasteiger partial charge in [0, 0.05) is 15.8 Å². The number of hydrogen-bond donors (Lipinski definition) is 1. The molecule has 0 aliphatic rings. The summed E-state index contributed by atoms with van der Waals surface area (Å²) in [6.07, 6.45) is 2.49. The van der Waals surface area contributed by atoms with Crippen molar-refractivity contribution in [3.8, 4) is 0 Å². The number of halogens is 1. The van der Waals surface area contributed by atoms with Gasteiger partial charge < -0.3 is 5.32 Å². The third-order valence-corrected chi connectivity index (χ3v) is 4.00. The van der Waals surface area contributed by atoms with Gasteiger partial charge >= 0.3 is 0 Å². The summed E-state index contributed by atoms with van der Waals surface area (Å²) in [7, 11) is 0. The molecule has 2 heteroatoms. The molecule has 1 rings (SSSR count). The SMILES string of the molecule is CCCCNc1cc(C)c(I)c(C)c1. The first-order valence-electron chi connectivity index (χ1n) is 5.15. The number of anilines is 1. The molecule has 0 aliphatic heterocycles. The van der Waals surface area contributed by atoms with Crippen LogP contribution in [0.4, 0.5) is 5.69 Å². The molecule has 0 unspecified atom stereocenters. The maximum absolute atomic E-state index is 3.45. The molecule has 1 nitrogen and oxygen atoms in total. The second-order valence-corrected chi connectivity index (χ2v) is 4.78. The lowest BCUT2D eigenvalue weighted by Crippen LogP contribution is -2.02. The van der Waals surface area contributed by atoms with Crippen molar-refractivity contribution in [1.29, 1.82) is 0 Å². The standard InChI is InChI=1S/C12H18IN/c1-4-5-6-14-11-7-9(2)12(13)10(3)8-11/h7-8,14H,4-6H2,1-3H3. The van der Waals surface area contributed by atoms with Gasteiger partial charge in [-0.25, -0.2) is 0 Å². The van der Waals surface area contributed by atoms with E-state index in [9.17, 15) is 0 Å². The number of aryl methyl sites for hydroxylation is 2. The molecule has 0 saturated carbocycles. The van der Waals surface area contributed by atoms with Gasteiger partial charge in [0.25, 0.3) is 0 Å². The Balaban J connectivity index is 2.69. The molecule has 0 radical (unpaired) electrons. The summed E-state index contributed by atoms with van der Waals surface area (Å²) in [5.74, 6) is 0. The number of nitrogens with one attached hydrogen (secondary N) is 1. The molecule has 0 atom stereocenters. The van der Waals surface area contributed by atoms with E-state index in [1.54, 1.807) is 0 Å². The fourth-order valence-electron chi connectivity index (χ4n) is 1.46. The van der Waals surface area contributed by atoms with Crippen LogP contribution in [0.3, 0.4) is 0 Å². The van der Waals surface area contributed by atoms with Gasteiger partial charge in [-0.2, -0.15) is 0 Å². The Labute approximate surface area is 100 Å². The van der Waals surface area contributed by atoms with Gasteiger partial charge in [0.2, 0.25) is 0 Å². The molecule has 0 spiro atoms. The van der Waals surface area contributed by atoms with Gasteiger partial charge in [0.15, 0.2) is 0 Å². The highest BCUT2D eigenvalue weighted by atomic mass is 127. The molecule has 0 bridgehead atoms. The fraction of sp³-hybridized carbons (Fsp3) is 0.500. The van der Waals surface area contributed by atoms with Crippen LogP contribution in [0.25, 0.3) is 0 Å².